The largest absolute Gasteiger partial charge is 0.376 e. The number of piperidine rings is 1. The molecule has 2 aliphatic carbocycles. The minimum Gasteiger partial charge on any atom is -0.376 e. The highest BCUT2D eigenvalue weighted by Crippen LogP contribution is 2.63. The molecule has 2 aliphatic heterocycles. The van der Waals surface area contributed by atoms with Gasteiger partial charge in [-0.1, -0.05) is 44.2 Å². The molecular weight excluding hydrogens is 320 g/mol. The van der Waals surface area contributed by atoms with Gasteiger partial charge in [-0.15, -0.1) is 0 Å². The average Bonchev–Trinajstić information content (AvgIpc) is 3.42. The van der Waals surface area contributed by atoms with Gasteiger partial charge in [-0.25, -0.2) is 0 Å². The van der Waals surface area contributed by atoms with Crippen molar-refractivity contribution in [1.82, 2.24) is 10.2 Å². The molecule has 0 aromatic heterocycles. The van der Waals surface area contributed by atoms with Gasteiger partial charge in [-0.05, 0) is 61.5 Å². The number of allylic oxidation sites excluding steroid dienone is 6. The SMILES string of the molecule is CC(C)CCC1=CNC(C(=O)N2CCC3(C4=CCCC=C4)CC3C2)C=C1. The number of hydrogen-bond donors (Lipinski definition) is 1. The van der Waals surface area contributed by atoms with Crippen LogP contribution >= 0.6 is 0 Å². The third-order valence-electron chi connectivity index (χ3n) is 6.61. The summed E-state index contributed by atoms with van der Waals surface area (Å²) in [7, 11) is 0. The minimum atomic E-state index is -0.183. The van der Waals surface area contributed by atoms with E-state index in [0.717, 1.165) is 25.9 Å². The highest BCUT2D eigenvalue weighted by atomic mass is 16.2. The zero-order valence-corrected chi connectivity index (χ0v) is 16.2. The van der Waals surface area contributed by atoms with E-state index in [1.165, 1.54) is 31.3 Å². The number of rotatable bonds is 5. The normalized spacial score (nSPS) is 32.7. The van der Waals surface area contributed by atoms with Gasteiger partial charge in [0.05, 0.1) is 0 Å². The Morgan fingerprint density at radius 3 is 2.88 bits per heavy atom. The van der Waals surface area contributed by atoms with Crippen LogP contribution < -0.4 is 5.32 Å². The lowest BCUT2D eigenvalue weighted by molar-refractivity contribution is -0.133. The Bertz CT molecular complexity index is 684. The molecule has 1 amide bonds. The molecule has 3 unspecified atom stereocenters. The van der Waals surface area contributed by atoms with Gasteiger partial charge < -0.3 is 10.2 Å². The van der Waals surface area contributed by atoms with Crippen LogP contribution in [-0.2, 0) is 4.79 Å². The summed E-state index contributed by atoms with van der Waals surface area (Å²) in [5, 5.41) is 3.33. The summed E-state index contributed by atoms with van der Waals surface area (Å²) in [6.45, 7) is 6.33. The quantitative estimate of drug-likeness (QED) is 0.798. The van der Waals surface area contributed by atoms with Crippen molar-refractivity contribution < 1.29 is 4.79 Å². The maximum Gasteiger partial charge on any atom is 0.249 e. The second-order valence-corrected chi connectivity index (χ2v) is 8.89. The number of carbonyl (C=O) groups excluding carboxylic acids is 1. The summed E-state index contributed by atoms with van der Waals surface area (Å²) in [6, 6.07) is -0.183. The monoisotopic (exact) mass is 352 g/mol. The first kappa shape index (κ1) is 17.6. The lowest BCUT2D eigenvalue weighted by atomic mass is 9.84. The van der Waals surface area contributed by atoms with Gasteiger partial charge >= 0.3 is 0 Å². The summed E-state index contributed by atoms with van der Waals surface area (Å²) < 4.78 is 0. The van der Waals surface area contributed by atoms with E-state index in [-0.39, 0.29) is 11.9 Å². The van der Waals surface area contributed by atoms with Gasteiger partial charge in [0, 0.05) is 24.7 Å². The maximum atomic E-state index is 12.9. The Kier molecular flexibility index (Phi) is 4.81. The van der Waals surface area contributed by atoms with E-state index in [1.54, 1.807) is 5.57 Å². The van der Waals surface area contributed by atoms with Crippen molar-refractivity contribution in [1.29, 1.82) is 0 Å². The Morgan fingerprint density at radius 1 is 1.35 bits per heavy atom. The molecule has 3 heteroatoms. The molecule has 0 aromatic carbocycles. The third-order valence-corrected chi connectivity index (χ3v) is 6.61. The highest BCUT2D eigenvalue weighted by molar-refractivity contribution is 5.84. The van der Waals surface area contributed by atoms with E-state index >= 15 is 0 Å². The molecular formula is C23H32N2O. The van der Waals surface area contributed by atoms with Crippen molar-refractivity contribution in [2.24, 2.45) is 17.3 Å². The average molecular weight is 353 g/mol. The van der Waals surface area contributed by atoms with Crippen LogP contribution in [0.1, 0.15) is 52.4 Å². The van der Waals surface area contributed by atoms with Crippen molar-refractivity contribution >= 4 is 5.91 Å². The fourth-order valence-electron chi connectivity index (χ4n) is 4.78. The smallest absolute Gasteiger partial charge is 0.249 e. The predicted molar refractivity (Wildman–Crippen MR) is 106 cm³/mol. The van der Waals surface area contributed by atoms with E-state index in [1.807, 2.05) is 6.20 Å². The molecule has 3 atom stereocenters. The molecule has 2 fully saturated rings. The molecule has 26 heavy (non-hydrogen) atoms. The van der Waals surface area contributed by atoms with Crippen molar-refractivity contribution in [2.45, 2.75) is 58.4 Å². The van der Waals surface area contributed by atoms with Crippen molar-refractivity contribution in [3.05, 3.63) is 47.7 Å². The molecule has 2 heterocycles. The number of amides is 1. The lowest BCUT2D eigenvalue weighted by Crippen LogP contribution is -2.48. The van der Waals surface area contributed by atoms with Gasteiger partial charge in [0.15, 0.2) is 0 Å². The lowest BCUT2D eigenvalue weighted by Gasteiger charge is -2.35. The summed E-state index contributed by atoms with van der Waals surface area (Å²) in [4.78, 5) is 15.0. The summed E-state index contributed by atoms with van der Waals surface area (Å²) in [5.41, 5.74) is 3.25. The molecule has 140 valence electrons. The number of carbonyl (C=O) groups is 1. The zero-order chi connectivity index (χ0) is 18.1. The van der Waals surface area contributed by atoms with Crippen LogP contribution in [-0.4, -0.2) is 29.9 Å². The number of fused-ring (bicyclic) bond motifs is 1. The van der Waals surface area contributed by atoms with Crippen LogP contribution in [0.2, 0.25) is 0 Å². The number of nitrogens with one attached hydrogen (secondary N) is 1. The molecule has 4 aliphatic rings. The Labute approximate surface area is 157 Å². The van der Waals surface area contributed by atoms with Crippen LogP contribution in [0.3, 0.4) is 0 Å². The number of nitrogens with zero attached hydrogens (tertiary/aromatic N) is 1. The predicted octanol–water partition coefficient (Wildman–Crippen LogP) is 4.35. The van der Waals surface area contributed by atoms with E-state index in [4.69, 9.17) is 0 Å². The fraction of sp³-hybridized carbons (Fsp3) is 0.609. The van der Waals surface area contributed by atoms with Crippen LogP contribution in [0.4, 0.5) is 0 Å². The van der Waals surface area contributed by atoms with Gasteiger partial charge in [0.1, 0.15) is 6.04 Å². The second kappa shape index (κ2) is 7.09. The van der Waals surface area contributed by atoms with E-state index in [0.29, 0.717) is 17.3 Å². The molecule has 1 saturated heterocycles. The molecule has 1 N–H and O–H groups in total. The van der Waals surface area contributed by atoms with Crippen LogP contribution in [0.25, 0.3) is 0 Å². The van der Waals surface area contributed by atoms with Crippen LogP contribution in [0.5, 0.6) is 0 Å². The number of likely N-dealkylation sites (tertiary alicyclic amines) is 1. The van der Waals surface area contributed by atoms with Crippen molar-refractivity contribution in [2.75, 3.05) is 13.1 Å². The number of hydrogen-bond acceptors (Lipinski definition) is 2. The van der Waals surface area contributed by atoms with Crippen molar-refractivity contribution in [3.63, 3.8) is 0 Å². The Balaban J connectivity index is 1.31. The summed E-state index contributed by atoms with van der Waals surface area (Å²) in [5.74, 6) is 1.62. The molecule has 0 radical (unpaired) electrons. The molecule has 4 rings (SSSR count). The Morgan fingerprint density at radius 2 is 2.23 bits per heavy atom. The fourth-order valence-corrected chi connectivity index (χ4v) is 4.78. The number of dihydropyridines is 1. The van der Waals surface area contributed by atoms with E-state index < -0.39 is 0 Å². The molecule has 1 saturated carbocycles. The second-order valence-electron chi connectivity index (χ2n) is 8.89. The van der Waals surface area contributed by atoms with Crippen molar-refractivity contribution in [3.8, 4) is 0 Å². The first-order valence-electron chi connectivity index (χ1n) is 10.4. The molecule has 0 aromatic rings. The standard InChI is InChI=1S/C23H32N2O/c1-17(2)8-9-18-10-11-21(24-15-18)22(26)25-13-12-23(14-20(23)16-25)19-6-4-3-5-7-19/h4,6-7,10-11,15,17,20-21,24H,3,5,8-9,12-14,16H2,1-2H3. The van der Waals surface area contributed by atoms with Gasteiger partial charge in [0.25, 0.3) is 0 Å². The summed E-state index contributed by atoms with van der Waals surface area (Å²) in [6.07, 6.45) is 20.4. The highest BCUT2D eigenvalue weighted by Gasteiger charge is 2.58. The van der Waals surface area contributed by atoms with Crippen LogP contribution in [0.15, 0.2) is 47.7 Å². The topological polar surface area (TPSA) is 32.3 Å². The zero-order valence-electron chi connectivity index (χ0n) is 16.2. The van der Waals surface area contributed by atoms with Gasteiger partial charge in [0.2, 0.25) is 5.91 Å². The van der Waals surface area contributed by atoms with E-state index in [9.17, 15) is 4.79 Å². The van der Waals surface area contributed by atoms with Gasteiger partial charge in [-0.2, -0.15) is 0 Å². The first-order chi connectivity index (χ1) is 12.6. The van der Waals surface area contributed by atoms with Crippen LogP contribution in [0, 0.1) is 17.3 Å². The van der Waals surface area contributed by atoms with Gasteiger partial charge in [-0.3, -0.25) is 4.79 Å². The third kappa shape index (κ3) is 3.41. The van der Waals surface area contributed by atoms with E-state index in [2.05, 4.69) is 54.4 Å². The summed E-state index contributed by atoms with van der Waals surface area (Å²) >= 11 is 0. The first-order valence-corrected chi connectivity index (χ1v) is 10.4. The molecule has 0 bridgehead atoms. The Hall–Kier alpha value is -1.77. The molecule has 0 spiro atoms. The molecule has 3 nitrogen and oxygen atoms in total. The minimum absolute atomic E-state index is 0.183. The maximum absolute atomic E-state index is 12.9.